The quantitative estimate of drug-likeness (QED) is 0.453. The Hall–Kier alpha value is -2.62. The van der Waals surface area contributed by atoms with E-state index >= 15 is 0 Å². The minimum absolute atomic E-state index is 0.0580. The maximum absolute atomic E-state index is 12.5. The highest BCUT2D eigenvalue weighted by Gasteiger charge is 2.15. The van der Waals surface area contributed by atoms with Crippen LogP contribution in [0.3, 0.4) is 0 Å². The summed E-state index contributed by atoms with van der Waals surface area (Å²) >= 11 is 7.34. The van der Waals surface area contributed by atoms with Gasteiger partial charge in [-0.2, -0.15) is 0 Å². The molecule has 0 aliphatic heterocycles. The van der Waals surface area contributed by atoms with Gasteiger partial charge in [-0.1, -0.05) is 41.6 Å². The first-order chi connectivity index (χ1) is 14.2. The number of fused-ring (bicyclic) bond motifs is 3. The number of sulfone groups is 1. The van der Waals surface area contributed by atoms with Crippen LogP contribution in [0.4, 0.5) is 5.69 Å². The summed E-state index contributed by atoms with van der Waals surface area (Å²) in [6.07, 6.45) is 1.10. The lowest BCUT2D eigenvalue weighted by molar-refractivity contribution is -0.113. The second kappa shape index (κ2) is 7.90. The third kappa shape index (κ3) is 4.00. The fourth-order valence-electron chi connectivity index (χ4n) is 3.12. The minimum atomic E-state index is -3.41. The Morgan fingerprint density at radius 1 is 1.17 bits per heavy atom. The summed E-state index contributed by atoms with van der Waals surface area (Å²) < 4.78 is 25.4. The average molecular weight is 461 g/mol. The molecule has 1 N–H and O–H groups in total. The highest BCUT2D eigenvalue weighted by molar-refractivity contribution is 7.99. The number of para-hydroxylation sites is 1. The van der Waals surface area contributed by atoms with E-state index in [4.69, 9.17) is 11.6 Å². The molecule has 0 saturated carbocycles. The van der Waals surface area contributed by atoms with Crippen LogP contribution < -0.4 is 5.32 Å². The SMILES string of the molecule is Cc1cc2nnc(SCC(=O)Nc3cc(S(C)(=O)=O)ccc3Cl)n2c2ccccc12. The lowest BCUT2D eigenvalue weighted by Gasteiger charge is -2.09. The van der Waals surface area contributed by atoms with Gasteiger partial charge in [-0.05, 0) is 42.8 Å². The molecule has 0 spiro atoms. The molecule has 0 radical (unpaired) electrons. The first kappa shape index (κ1) is 20.6. The molecule has 0 atom stereocenters. The van der Waals surface area contributed by atoms with Crippen LogP contribution in [0.2, 0.25) is 5.02 Å². The van der Waals surface area contributed by atoms with E-state index in [1.54, 1.807) is 0 Å². The van der Waals surface area contributed by atoms with Crippen molar-refractivity contribution in [1.82, 2.24) is 14.6 Å². The summed E-state index contributed by atoms with van der Waals surface area (Å²) in [5.41, 5.74) is 3.01. The lowest BCUT2D eigenvalue weighted by atomic mass is 10.1. The van der Waals surface area contributed by atoms with Crippen LogP contribution in [-0.2, 0) is 14.6 Å². The van der Waals surface area contributed by atoms with Crippen LogP contribution in [0.15, 0.2) is 58.6 Å². The second-order valence-electron chi connectivity index (χ2n) is 6.77. The van der Waals surface area contributed by atoms with Gasteiger partial charge in [0.25, 0.3) is 0 Å². The molecular formula is C20H17ClN4O3S2. The van der Waals surface area contributed by atoms with Crippen LogP contribution in [0, 0.1) is 6.92 Å². The number of aryl methyl sites for hydroxylation is 1. The summed E-state index contributed by atoms with van der Waals surface area (Å²) in [5, 5.41) is 13.0. The van der Waals surface area contributed by atoms with Gasteiger partial charge in [-0.15, -0.1) is 10.2 Å². The number of carbonyl (C=O) groups excluding carboxylic acids is 1. The van der Waals surface area contributed by atoms with Gasteiger partial charge in [-0.25, -0.2) is 8.42 Å². The van der Waals surface area contributed by atoms with Gasteiger partial charge in [0.05, 0.1) is 26.9 Å². The molecule has 7 nitrogen and oxygen atoms in total. The number of amides is 1. The number of hydrogen-bond donors (Lipinski definition) is 1. The molecule has 4 aromatic rings. The number of anilines is 1. The van der Waals surface area contributed by atoms with E-state index in [0.29, 0.717) is 10.8 Å². The van der Waals surface area contributed by atoms with Gasteiger partial charge in [0.15, 0.2) is 20.6 Å². The van der Waals surface area contributed by atoms with E-state index in [1.165, 1.54) is 30.0 Å². The van der Waals surface area contributed by atoms with Crippen molar-refractivity contribution in [2.45, 2.75) is 17.0 Å². The Balaban J connectivity index is 1.57. The minimum Gasteiger partial charge on any atom is -0.324 e. The van der Waals surface area contributed by atoms with Gasteiger partial charge in [0, 0.05) is 11.6 Å². The number of rotatable bonds is 5. The first-order valence-electron chi connectivity index (χ1n) is 8.90. The lowest BCUT2D eigenvalue weighted by Crippen LogP contribution is -2.15. The predicted molar refractivity (Wildman–Crippen MR) is 119 cm³/mol. The first-order valence-corrected chi connectivity index (χ1v) is 12.2. The summed E-state index contributed by atoms with van der Waals surface area (Å²) in [6.45, 7) is 2.02. The number of hydrogen-bond acceptors (Lipinski definition) is 6. The molecule has 0 aliphatic rings. The zero-order valence-corrected chi connectivity index (χ0v) is 18.5. The molecule has 2 heterocycles. The number of halogens is 1. The number of benzene rings is 2. The normalized spacial score (nSPS) is 11.8. The number of nitrogens with zero attached hydrogens (tertiary/aromatic N) is 3. The number of aromatic nitrogens is 3. The molecule has 10 heteroatoms. The smallest absolute Gasteiger partial charge is 0.234 e. The Morgan fingerprint density at radius 3 is 2.70 bits per heavy atom. The molecule has 154 valence electrons. The van der Waals surface area contributed by atoms with Gasteiger partial charge >= 0.3 is 0 Å². The van der Waals surface area contributed by atoms with Crippen molar-refractivity contribution in [3.05, 3.63) is 59.1 Å². The molecule has 0 unspecified atom stereocenters. The van der Waals surface area contributed by atoms with Crippen LogP contribution in [0.1, 0.15) is 5.56 Å². The molecule has 30 heavy (non-hydrogen) atoms. The highest BCUT2D eigenvalue weighted by Crippen LogP contribution is 2.27. The van der Waals surface area contributed by atoms with Crippen LogP contribution in [0.25, 0.3) is 16.6 Å². The van der Waals surface area contributed by atoms with Crippen molar-refractivity contribution in [1.29, 1.82) is 0 Å². The second-order valence-corrected chi connectivity index (χ2v) is 10.1. The molecule has 4 rings (SSSR count). The van der Waals surface area contributed by atoms with Crippen molar-refractivity contribution in [3.63, 3.8) is 0 Å². The summed E-state index contributed by atoms with van der Waals surface area (Å²) in [4.78, 5) is 12.6. The predicted octanol–water partition coefficient (Wildman–Crippen LogP) is 3.98. The summed E-state index contributed by atoms with van der Waals surface area (Å²) in [5.74, 6) is -0.275. The Bertz CT molecular complexity index is 1400. The Kier molecular flexibility index (Phi) is 5.44. The van der Waals surface area contributed by atoms with E-state index in [0.717, 1.165) is 22.7 Å². The van der Waals surface area contributed by atoms with Crippen molar-refractivity contribution in [2.24, 2.45) is 0 Å². The van der Waals surface area contributed by atoms with Crippen LogP contribution in [-0.4, -0.2) is 40.9 Å². The highest BCUT2D eigenvalue weighted by atomic mass is 35.5. The van der Waals surface area contributed by atoms with Crippen molar-refractivity contribution < 1.29 is 13.2 Å². The van der Waals surface area contributed by atoms with E-state index in [-0.39, 0.29) is 27.3 Å². The molecule has 1 amide bonds. The van der Waals surface area contributed by atoms with E-state index in [1.807, 2.05) is 41.7 Å². The number of pyridine rings is 1. The van der Waals surface area contributed by atoms with Crippen LogP contribution >= 0.6 is 23.4 Å². The third-order valence-corrected chi connectivity index (χ3v) is 6.91. The fraction of sp³-hybridized carbons (Fsp3) is 0.150. The van der Waals surface area contributed by atoms with Crippen molar-refractivity contribution >= 4 is 61.3 Å². The number of carbonyl (C=O) groups is 1. The van der Waals surface area contributed by atoms with Crippen LogP contribution in [0.5, 0.6) is 0 Å². The zero-order valence-electron chi connectivity index (χ0n) is 16.1. The molecule has 0 aliphatic carbocycles. The van der Waals surface area contributed by atoms with E-state index in [9.17, 15) is 13.2 Å². The number of nitrogens with one attached hydrogen (secondary N) is 1. The van der Waals surface area contributed by atoms with Gasteiger partial charge in [0.1, 0.15) is 0 Å². The monoisotopic (exact) mass is 460 g/mol. The van der Waals surface area contributed by atoms with Gasteiger partial charge in [0.2, 0.25) is 5.91 Å². The number of thioether (sulfide) groups is 1. The summed E-state index contributed by atoms with van der Waals surface area (Å²) in [6, 6.07) is 14.1. The van der Waals surface area contributed by atoms with Crippen molar-refractivity contribution in [2.75, 3.05) is 17.3 Å². The average Bonchev–Trinajstić information content (AvgIpc) is 3.10. The largest absolute Gasteiger partial charge is 0.324 e. The van der Waals surface area contributed by atoms with Crippen molar-refractivity contribution in [3.8, 4) is 0 Å². The maximum atomic E-state index is 12.5. The van der Waals surface area contributed by atoms with E-state index < -0.39 is 9.84 Å². The topological polar surface area (TPSA) is 93.4 Å². The third-order valence-electron chi connectivity index (χ3n) is 4.55. The zero-order chi connectivity index (χ0) is 21.5. The Labute approximate surface area is 182 Å². The Morgan fingerprint density at radius 2 is 1.93 bits per heavy atom. The molecular weight excluding hydrogens is 444 g/mol. The van der Waals surface area contributed by atoms with Gasteiger partial charge < -0.3 is 5.32 Å². The van der Waals surface area contributed by atoms with Gasteiger partial charge in [-0.3, -0.25) is 9.20 Å². The molecule has 2 aromatic carbocycles. The molecule has 2 aromatic heterocycles. The summed E-state index contributed by atoms with van der Waals surface area (Å²) in [7, 11) is -3.41. The fourth-order valence-corrected chi connectivity index (χ4v) is 4.68. The molecule has 0 fully saturated rings. The molecule has 0 bridgehead atoms. The van der Waals surface area contributed by atoms with E-state index in [2.05, 4.69) is 15.5 Å². The maximum Gasteiger partial charge on any atom is 0.234 e. The molecule has 0 saturated heterocycles. The standard InChI is InChI=1S/C20H17ClN4O3S2/c1-12-9-18-23-24-20(25(18)17-6-4-3-5-14(12)17)29-11-19(26)22-16-10-13(30(2,27)28)7-8-15(16)21/h3-10H,11H2,1-2H3,(H,22,26).